The van der Waals surface area contributed by atoms with E-state index in [1.165, 1.54) is 27.3 Å². The Bertz CT molecular complexity index is 1360. The summed E-state index contributed by atoms with van der Waals surface area (Å²) in [5.41, 5.74) is 3.88. The highest BCUT2D eigenvalue weighted by molar-refractivity contribution is 8.04. The average Bonchev–Trinajstić information content (AvgIpc) is 3.07. The highest BCUT2D eigenvalue weighted by Crippen LogP contribution is 2.32. The number of carbonyl (C=O) groups excluding carboxylic acids is 1. The van der Waals surface area contributed by atoms with E-state index in [1.807, 2.05) is 18.2 Å². The van der Waals surface area contributed by atoms with Gasteiger partial charge in [-0.05, 0) is 56.9 Å². The van der Waals surface area contributed by atoms with Crippen molar-refractivity contribution in [3.63, 3.8) is 0 Å². The third-order valence-electron chi connectivity index (χ3n) is 8.01. The molecule has 0 atom stereocenters. The molecule has 1 saturated carbocycles. The molecule has 1 N–H and O–H groups in total. The first-order valence-corrected chi connectivity index (χ1v) is 14.6. The lowest BCUT2D eigenvalue weighted by Gasteiger charge is -2.33. The molecule has 3 aliphatic rings. The number of allylic oxidation sites excluding steroid dienone is 3. The molecule has 0 spiro atoms. The molecule has 0 saturated heterocycles. The SMILES string of the molecule is CN(CC1CCC(NC/C2=C/CCC3=C(C=N2)SCC(=O)CC3)CC1)c1c(F)cnc2ccc(=O)n(C)c12. The third-order valence-corrected chi connectivity index (χ3v) is 9.18. The van der Waals surface area contributed by atoms with Crippen LogP contribution in [0.5, 0.6) is 0 Å². The van der Waals surface area contributed by atoms with Crippen molar-refractivity contribution in [2.24, 2.45) is 18.0 Å². The van der Waals surface area contributed by atoms with Gasteiger partial charge in [0.1, 0.15) is 11.5 Å². The highest BCUT2D eigenvalue weighted by atomic mass is 32.2. The maximum atomic E-state index is 14.9. The zero-order valence-corrected chi connectivity index (χ0v) is 23.0. The van der Waals surface area contributed by atoms with Crippen molar-refractivity contribution in [2.45, 2.75) is 57.4 Å². The number of rotatable bonds is 6. The van der Waals surface area contributed by atoms with E-state index in [-0.39, 0.29) is 5.56 Å². The number of ketones is 1. The van der Waals surface area contributed by atoms with Gasteiger partial charge < -0.3 is 14.8 Å². The van der Waals surface area contributed by atoms with Gasteiger partial charge in [0.05, 0.1) is 28.7 Å². The van der Waals surface area contributed by atoms with E-state index in [2.05, 4.69) is 16.4 Å². The van der Waals surface area contributed by atoms with Gasteiger partial charge in [0.25, 0.3) is 5.56 Å². The molecule has 0 aromatic carbocycles. The molecule has 0 bridgehead atoms. The van der Waals surface area contributed by atoms with Gasteiger partial charge in [0.15, 0.2) is 5.82 Å². The Hall–Kier alpha value is -2.78. The number of fused-ring (bicyclic) bond motifs is 1. The second-order valence-corrected chi connectivity index (χ2v) is 11.7. The monoisotopic (exact) mass is 537 g/mol. The van der Waals surface area contributed by atoms with Crippen LogP contribution in [0.3, 0.4) is 0 Å². The van der Waals surface area contributed by atoms with Crippen LogP contribution in [-0.4, -0.2) is 53.5 Å². The lowest BCUT2D eigenvalue weighted by atomic mass is 9.85. The molecule has 0 radical (unpaired) electrons. The van der Waals surface area contributed by atoms with Crippen LogP contribution in [0, 0.1) is 11.7 Å². The maximum absolute atomic E-state index is 14.9. The zero-order valence-electron chi connectivity index (χ0n) is 22.2. The molecule has 38 heavy (non-hydrogen) atoms. The first-order valence-electron chi connectivity index (χ1n) is 13.6. The summed E-state index contributed by atoms with van der Waals surface area (Å²) in [6, 6.07) is 3.57. The fourth-order valence-corrected chi connectivity index (χ4v) is 6.79. The van der Waals surface area contributed by atoms with Crippen molar-refractivity contribution in [3.05, 3.63) is 56.8 Å². The van der Waals surface area contributed by atoms with Crippen LogP contribution in [0.15, 0.2) is 50.4 Å². The smallest absolute Gasteiger partial charge is 0.250 e. The van der Waals surface area contributed by atoms with Crippen LogP contribution in [0.4, 0.5) is 10.1 Å². The van der Waals surface area contributed by atoms with Crippen LogP contribution in [0.2, 0.25) is 0 Å². The van der Waals surface area contributed by atoms with E-state index in [9.17, 15) is 14.0 Å². The summed E-state index contributed by atoms with van der Waals surface area (Å²) >= 11 is 1.64. The minimum Gasteiger partial charge on any atom is -0.370 e. The van der Waals surface area contributed by atoms with Gasteiger partial charge in [0.2, 0.25) is 0 Å². The lowest BCUT2D eigenvalue weighted by molar-refractivity contribution is -0.116. The molecular formula is C29H36FN5O2S. The van der Waals surface area contributed by atoms with E-state index in [4.69, 9.17) is 4.99 Å². The summed E-state index contributed by atoms with van der Waals surface area (Å²) in [5.74, 6) is 0.946. The number of nitrogens with zero attached hydrogens (tertiary/aromatic N) is 4. The maximum Gasteiger partial charge on any atom is 0.250 e. The minimum atomic E-state index is -0.402. The van der Waals surface area contributed by atoms with E-state index in [0.717, 1.165) is 63.7 Å². The van der Waals surface area contributed by atoms with Crippen LogP contribution >= 0.6 is 11.8 Å². The van der Waals surface area contributed by atoms with Crippen molar-refractivity contribution in [2.75, 3.05) is 30.8 Å². The fourth-order valence-electron chi connectivity index (χ4n) is 5.80. The first kappa shape index (κ1) is 26.8. The third kappa shape index (κ3) is 6.10. The number of aryl methyl sites for hydroxylation is 1. The molecule has 2 aromatic rings. The number of pyridine rings is 2. The molecular weight excluding hydrogens is 501 g/mol. The Balaban J connectivity index is 1.15. The first-order chi connectivity index (χ1) is 18.4. The van der Waals surface area contributed by atoms with Crippen molar-refractivity contribution in [3.8, 4) is 0 Å². The number of halogens is 1. The standard InChI is InChI=1S/C29H36FN5O2S/c1-34(28-24(30)15-33-25-12-13-27(37)35(2)29(25)28)17-19-6-9-21(10-7-19)31-14-22-5-3-4-20-8-11-23(36)18-38-26(20)16-32-22/h5,12-13,15-16,19,21,31H,3-4,6-11,14,17-18H2,1-2H3/b22-5-,32-16?. The zero-order chi connectivity index (χ0) is 26.6. The van der Waals surface area contributed by atoms with Crippen molar-refractivity contribution >= 4 is 40.5 Å². The van der Waals surface area contributed by atoms with Gasteiger partial charge in [0, 0.05) is 56.8 Å². The molecule has 0 unspecified atom stereocenters. The van der Waals surface area contributed by atoms with Crippen molar-refractivity contribution in [1.82, 2.24) is 14.9 Å². The molecule has 5 rings (SSSR count). The molecule has 1 fully saturated rings. The van der Waals surface area contributed by atoms with Crippen LogP contribution in [0.1, 0.15) is 51.4 Å². The van der Waals surface area contributed by atoms with Gasteiger partial charge in [-0.3, -0.25) is 19.6 Å². The van der Waals surface area contributed by atoms with Crippen LogP contribution < -0.4 is 15.8 Å². The summed E-state index contributed by atoms with van der Waals surface area (Å²) in [6.45, 7) is 1.49. The summed E-state index contributed by atoms with van der Waals surface area (Å²) in [4.78, 5) is 36.1. The molecule has 9 heteroatoms. The summed E-state index contributed by atoms with van der Waals surface area (Å²) in [7, 11) is 3.57. The molecule has 0 amide bonds. The topological polar surface area (TPSA) is 79.6 Å². The molecule has 2 aromatic heterocycles. The molecule has 1 aliphatic carbocycles. The number of anilines is 1. The Morgan fingerprint density at radius 2 is 1.97 bits per heavy atom. The molecule has 7 nitrogen and oxygen atoms in total. The lowest BCUT2D eigenvalue weighted by Crippen LogP contribution is -2.37. The Morgan fingerprint density at radius 1 is 1.16 bits per heavy atom. The number of aromatic nitrogens is 2. The van der Waals surface area contributed by atoms with Crippen molar-refractivity contribution in [1.29, 1.82) is 0 Å². The average molecular weight is 538 g/mol. The highest BCUT2D eigenvalue weighted by Gasteiger charge is 2.25. The fraction of sp³-hybridized carbons (Fsp3) is 0.517. The van der Waals surface area contributed by atoms with E-state index in [0.29, 0.717) is 46.6 Å². The normalized spacial score (nSPS) is 23.9. The van der Waals surface area contributed by atoms with Gasteiger partial charge in [-0.15, -0.1) is 11.8 Å². The van der Waals surface area contributed by atoms with Gasteiger partial charge in [-0.25, -0.2) is 4.39 Å². The predicted molar refractivity (Wildman–Crippen MR) is 153 cm³/mol. The Labute approximate surface area is 227 Å². The van der Waals surface area contributed by atoms with Gasteiger partial charge in [-0.2, -0.15) is 0 Å². The van der Waals surface area contributed by atoms with E-state index in [1.54, 1.807) is 24.9 Å². The number of thioether (sulfide) groups is 1. The predicted octanol–water partition coefficient (Wildman–Crippen LogP) is 4.76. The van der Waals surface area contributed by atoms with Crippen LogP contribution in [-0.2, 0) is 11.8 Å². The minimum absolute atomic E-state index is 0.171. The molecule has 4 heterocycles. The Morgan fingerprint density at radius 3 is 2.79 bits per heavy atom. The second kappa shape index (κ2) is 11.9. The number of hydrogen-bond donors (Lipinski definition) is 1. The summed E-state index contributed by atoms with van der Waals surface area (Å²) < 4.78 is 16.4. The van der Waals surface area contributed by atoms with Crippen molar-refractivity contribution < 1.29 is 9.18 Å². The van der Waals surface area contributed by atoms with Crippen LogP contribution in [0.25, 0.3) is 11.0 Å². The number of carbonyl (C=O) groups is 1. The van der Waals surface area contributed by atoms with E-state index >= 15 is 0 Å². The molecule has 2 aliphatic heterocycles. The second-order valence-electron chi connectivity index (χ2n) is 10.7. The summed E-state index contributed by atoms with van der Waals surface area (Å²) in [6.07, 6.45) is 13.2. The summed E-state index contributed by atoms with van der Waals surface area (Å²) in [5, 5.41) is 3.70. The number of hydrogen-bond acceptors (Lipinski definition) is 7. The van der Waals surface area contributed by atoms with Gasteiger partial charge >= 0.3 is 0 Å². The quantitative estimate of drug-likeness (QED) is 0.573. The largest absolute Gasteiger partial charge is 0.370 e. The Kier molecular flexibility index (Phi) is 8.43. The van der Waals surface area contributed by atoms with Gasteiger partial charge in [-0.1, -0.05) is 11.6 Å². The number of Topliss-reactive ketones (excluding diaryl/α,β-unsaturated/α-hetero) is 1. The van der Waals surface area contributed by atoms with E-state index < -0.39 is 5.82 Å². The number of aliphatic imine (C=N–C) groups is 1. The molecule has 202 valence electrons. The number of nitrogens with one attached hydrogen (secondary N) is 1.